The molecular formula is C20H21N3O6S. The van der Waals surface area contributed by atoms with Crippen molar-refractivity contribution < 1.29 is 33.3 Å². The molecule has 0 bridgehead atoms. The Balaban J connectivity index is 1.61. The van der Waals surface area contributed by atoms with Gasteiger partial charge in [0.2, 0.25) is 11.6 Å². The first-order valence-electron chi connectivity index (χ1n) is 8.93. The Hall–Kier alpha value is -3.40. The first-order chi connectivity index (χ1) is 14.5. The van der Waals surface area contributed by atoms with Crippen molar-refractivity contribution in [2.75, 3.05) is 32.4 Å². The van der Waals surface area contributed by atoms with E-state index < -0.39 is 5.95 Å². The number of aromatic nitrogens is 2. The molecule has 0 atom stereocenters. The van der Waals surface area contributed by atoms with Crippen LogP contribution in [0.5, 0.6) is 23.2 Å². The lowest BCUT2D eigenvalue weighted by molar-refractivity contribution is -0.705. The molecule has 0 spiro atoms. The Morgan fingerprint density at radius 3 is 2.30 bits per heavy atom. The Bertz CT molecular complexity index is 984. The number of thioether (sulfide) groups is 1. The predicted octanol–water partition coefficient (Wildman–Crippen LogP) is 2.17. The van der Waals surface area contributed by atoms with Crippen LogP contribution in [-0.4, -0.2) is 38.3 Å². The van der Waals surface area contributed by atoms with Gasteiger partial charge >= 0.3 is 0 Å². The van der Waals surface area contributed by atoms with Crippen LogP contribution in [0.3, 0.4) is 0 Å². The molecule has 0 saturated carbocycles. The van der Waals surface area contributed by atoms with Gasteiger partial charge in [-0.25, -0.2) is 0 Å². The summed E-state index contributed by atoms with van der Waals surface area (Å²) in [6.45, 7) is 0. The third-order valence-corrected chi connectivity index (χ3v) is 5.11. The molecule has 0 unspecified atom stereocenters. The number of ether oxygens (including phenoxy) is 3. The number of methoxy groups -OCH3 is 3. The van der Waals surface area contributed by atoms with Gasteiger partial charge in [-0.2, -0.15) is 0 Å². The van der Waals surface area contributed by atoms with Gasteiger partial charge in [0.15, 0.2) is 5.95 Å². The van der Waals surface area contributed by atoms with Crippen LogP contribution in [0.2, 0.25) is 0 Å². The fourth-order valence-corrected chi connectivity index (χ4v) is 3.49. The third kappa shape index (κ3) is 5.15. The summed E-state index contributed by atoms with van der Waals surface area (Å²) < 4.78 is 21.7. The second-order valence-corrected chi connectivity index (χ2v) is 7.11. The van der Waals surface area contributed by atoms with Crippen LogP contribution in [0.15, 0.2) is 52.0 Å². The quantitative estimate of drug-likeness (QED) is 0.406. The SMILES string of the molecule is COc1ccc(-[n+]2noc([O-])c2SCCC(=O)Nc2cc(OC)cc(OC)c2)cc1. The standard InChI is InChI=1S/C20H21N3O6S/c1-26-15-6-4-14(5-7-15)23-19(20(25)29-22-23)30-9-8-18(24)21-13-10-16(27-2)12-17(11-13)28-3/h4-7,10-12H,8-9H2,1-3H3,(H-,21,22,24,25). The number of hydrogen-bond acceptors (Lipinski definition) is 8. The van der Waals surface area contributed by atoms with Crippen molar-refractivity contribution in [3.05, 3.63) is 42.5 Å². The molecule has 10 heteroatoms. The van der Waals surface area contributed by atoms with Gasteiger partial charge in [-0.1, -0.05) is 11.8 Å². The van der Waals surface area contributed by atoms with Gasteiger partial charge in [0.1, 0.15) is 17.2 Å². The van der Waals surface area contributed by atoms with Gasteiger partial charge in [0.05, 0.1) is 26.6 Å². The van der Waals surface area contributed by atoms with Crippen molar-refractivity contribution in [3.63, 3.8) is 0 Å². The lowest BCUT2D eigenvalue weighted by Crippen LogP contribution is -2.34. The maximum absolute atomic E-state index is 12.3. The molecule has 1 heterocycles. The fourth-order valence-electron chi connectivity index (χ4n) is 2.59. The highest BCUT2D eigenvalue weighted by atomic mass is 32.2. The summed E-state index contributed by atoms with van der Waals surface area (Å²) in [5.41, 5.74) is 1.21. The second-order valence-electron chi connectivity index (χ2n) is 6.02. The molecule has 1 amide bonds. The van der Waals surface area contributed by atoms with E-state index >= 15 is 0 Å². The molecule has 0 aliphatic heterocycles. The number of hydrogen-bond donors (Lipinski definition) is 1. The van der Waals surface area contributed by atoms with Gasteiger partial charge < -0.3 is 29.2 Å². The topological polar surface area (TPSA) is 110 Å². The first-order valence-corrected chi connectivity index (χ1v) is 9.91. The minimum absolute atomic E-state index is 0.178. The van der Waals surface area contributed by atoms with Crippen LogP contribution in [0.1, 0.15) is 6.42 Å². The zero-order valence-electron chi connectivity index (χ0n) is 16.7. The van der Waals surface area contributed by atoms with Crippen molar-refractivity contribution in [1.29, 1.82) is 0 Å². The average molecular weight is 431 g/mol. The predicted molar refractivity (Wildman–Crippen MR) is 108 cm³/mol. The smallest absolute Gasteiger partial charge is 0.297 e. The average Bonchev–Trinajstić information content (AvgIpc) is 3.13. The lowest BCUT2D eigenvalue weighted by Gasteiger charge is -2.09. The number of anilines is 1. The molecule has 0 saturated heterocycles. The summed E-state index contributed by atoms with van der Waals surface area (Å²) in [6, 6.07) is 12.1. The number of carbonyl (C=O) groups is 1. The van der Waals surface area contributed by atoms with Crippen molar-refractivity contribution in [2.45, 2.75) is 11.4 Å². The molecule has 2 aromatic carbocycles. The summed E-state index contributed by atoms with van der Waals surface area (Å²) in [5.74, 6) is 1.41. The summed E-state index contributed by atoms with van der Waals surface area (Å²) in [4.78, 5) is 12.3. The molecule has 30 heavy (non-hydrogen) atoms. The Kier molecular flexibility index (Phi) is 7.02. The highest BCUT2D eigenvalue weighted by Gasteiger charge is 2.21. The minimum atomic E-state index is -0.561. The summed E-state index contributed by atoms with van der Waals surface area (Å²) >= 11 is 1.19. The van der Waals surface area contributed by atoms with E-state index in [-0.39, 0.29) is 17.4 Å². The molecule has 3 rings (SSSR count). The molecular weight excluding hydrogens is 410 g/mol. The van der Waals surface area contributed by atoms with Crippen LogP contribution in [0.25, 0.3) is 5.69 Å². The molecule has 1 N–H and O–H groups in total. The highest BCUT2D eigenvalue weighted by Crippen LogP contribution is 2.27. The van der Waals surface area contributed by atoms with Gasteiger partial charge in [-0.15, -0.1) is 0 Å². The minimum Gasteiger partial charge on any atom is -0.538 e. The number of nitrogens with zero attached hydrogens (tertiary/aromatic N) is 2. The zero-order chi connectivity index (χ0) is 21.5. The second kappa shape index (κ2) is 9.88. The van der Waals surface area contributed by atoms with Gasteiger partial charge in [-0.3, -0.25) is 4.79 Å². The summed E-state index contributed by atoms with van der Waals surface area (Å²) in [7, 11) is 4.64. The largest absolute Gasteiger partial charge is 0.538 e. The van der Waals surface area contributed by atoms with Gasteiger partial charge in [-0.05, 0) is 16.8 Å². The van der Waals surface area contributed by atoms with Crippen LogP contribution in [-0.2, 0) is 4.79 Å². The van der Waals surface area contributed by atoms with Gasteiger partial charge in [0, 0.05) is 48.2 Å². The van der Waals surface area contributed by atoms with E-state index in [0.29, 0.717) is 34.4 Å². The molecule has 9 nitrogen and oxygen atoms in total. The fraction of sp³-hybridized carbons (Fsp3) is 0.250. The zero-order valence-corrected chi connectivity index (χ0v) is 17.5. The Morgan fingerprint density at radius 1 is 1.07 bits per heavy atom. The van der Waals surface area contributed by atoms with Crippen molar-refractivity contribution in [2.24, 2.45) is 0 Å². The molecule has 158 valence electrons. The van der Waals surface area contributed by atoms with E-state index in [9.17, 15) is 9.90 Å². The van der Waals surface area contributed by atoms with Crippen molar-refractivity contribution in [3.8, 4) is 28.9 Å². The van der Waals surface area contributed by atoms with Crippen molar-refractivity contribution >= 4 is 23.4 Å². The van der Waals surface area contributed by atoms with Crippen molar-refractivity contribution in [1.82, 2.24) is 5.27 Å². The number of carbonyl (C=O) groups excluding carboxylic acids is 1. The van der Waals surface area contributed by atoms with Crippen LogP contribution >= 0.6 is 11.8 Å². The summed E-state index contributed by atoms with van der Waals surface area (Å²) in [5, 5.41) is 18.9. The van der Waals surface area contributed by atoms with E-state index in [0.717, 1.165) is 0 Å². The highest BCUT2D eigenvalue weighted by molar-refractivity contribution is 7.99. The number of benzene rings is 2. The number of nitrogens with one attached hydrogen (secondary N) is 1. The van der Waals surface area contributed by atoms with Crippen LogP contribution in [0.4, 0.5) is 5.69 Å². The van der Waals surface area contributed by atoms with E-state index in [4.69, 9.17) is 18.7 Å². The normalized spacial score (nSPS) is 10.5. The summed E-state index contributed by atoms with van der Waals surface area (Å²) in [6.07, 6.45) is 0.178. The Morgan fingerprint density at radius 2 is 1.70 bits per heavy atom. The molecule has 1 aromatic heterocycles. The van der Waals surface area contributed by atoms with Crippen LogP contribution < -0.4 is 29.3 Å². The monoisotopic (exact) mass is 431 g/mol. The molecule has 0 radical (unpaired) electrons. The maximum atomic E-state index is 12.3. The molecule has 0 aliphatic rings. The number of amides is 1. The van der Waals surface area contributed by atoms with E-state index in [1.54, 1.807) is 49.6 Å². The maximum Gasteiger partial charge on any atom is 0.297 e. The van der Waals surface area contributed by atoms with E-state index in [1.807, 2.05) is 0 Å². The van der Waals surface area contributed by atoms with Gasteiger partial charge in [0.25, 0.3) is 5.03 Å². The van der Waals surface area contributed by atoms with Crippen LogP contribution in [0, 0.1) is 0 Å². The molecule has 3 aromatic rings. The first kappa shape index (κ1) is 21.3. The van der Waals surface area contributed by atoms with E-state index in [2.05, 4.69) is 10.6 Å². The lowest BCUT2D eigenvalue weighted by atomic mass is 10.2. The number of rotatable bonds is 9. The molecule has 0 aliphatic carbocycles. The Labute approximate surface area is 177 Å². The van der Waals surface area contributed by atoms with E-state index in [1.165, 1.54) is 30.7 Å². The molecule has 0 fully saturated rings. The third-order valence-electron chi connectivity index (χ3n) is 4.09.